The summed E-state index contributed by atoms with van der Waals surface area (Å²) in [5.41, 5.74) is 1.73. The first-order valence-electron chi connectivity index (χ1n) is 7.17. The highest BCUT2D eigenvalue weighted by Crippen LogP contribution is 2.22. The van der Waals surface area contributed by atoms with Crippen LogP contribution in [0.1, 0.15) is 5.56 Å². The van der Waals surface area contributed by atoms with E-state index in [-0.39, 0.29) is 0 Å². The van der Waals surface area contributed by atoms with Crippen molar-refractivity contribution in [2.24, 2.45) is 5.16 Å². The summed E-state index contributed by atoms with van der Waals surface area (Å²) in [6.45, 7) is -0.517. The van der Waals surface area contributed by atoms with Gasteiger partial charge in [0.1, 0.15) is 24.4 Å². The molecule has 1 aliphatic heterocycles. The highest BCUT2D eigenvalue weighted by atomic mass is 16.8. The van der Waals surface area contributed by atoms with E-state index in [1.54, 1.807) is 6.20 Å². The molecule has 1 aromatic carbocycles. The molecule has 5 atom stereocenters. The van der Waals surface area contributed by atoms with Crippen LogP contribution in [0.3, 0.4) is 0 Å². The molecule has 2 heterocycles. The Bertz CT molecular complexity index is 685. The summed E-state index contributed by atoms with van der Waals surface area (Å²) in [4.78, 5) is 8.15. The Balaban J connectivity index is 1.69. The first-order chi connectivity index (χ1) is 11.1. The van der Waals surface area contributed by atoms with Crippen LogP contribution in [0.5, 0.6) is 0 Å². The lowest BCUT2D eigenvalue weighted by Crippen LogP contribution is -2.58. The lowest BCUT2D eigenvalue weighted by molar-refractivity contribution is -0.301. The Morgan fingerprint density at radius 2 is 1.96 bits per heavy atom. The fourth-order valence-corrected chi connectivity index (χ4v) is 2.50. The van der Waals surface area contributed by atoms with Gasteiger partial charge in [-0.1, -0.05) is 23.4 Å². The van der Waals surface area contributed by atoms with Crippen molar-refractivity contribution in [3.05, 3.63) is 36.0 Å². The van der Waals surface area contributed by atoms with Crippen molar-refractivity contribution < 1.29 is 30.0 Å². The fourth-order valence-electron chi connectivity index (χ4n) is 2.50. The zero-order valence-corrected chi connectivity index (χ0v) is 12.1. The molecule has 1 aliphatic rings. The maximum absolute atomic E-state index is 9.83. The standard InChI is InChI=1S/C15H18N2O6/c18-7-11-12(19)13(20)14(21)15(22-11)23-17-6-8-5-16-10-4-2-1-3-9(8)10/h1-6,11-16,18-21H,7H2/b17-6+/t11?,12?,13-,14?,15-/m0/s1. The number of para-hydroxylation sites is 1. The quantitative estimate of drug-likeness (QED) is 0.375. The van der Waals surface area contributed by atoms with Gasteiger partial charge in [0.2, 0.25) is 0 Å². The van der Waals surface area contributed by atoms with Crippen LogP contribution in [0.15, 0.2) is 35.6 Å². The molecule has 3 unspecified atom stereocenters. The van der Waals surface area contributed by atoms with E-state index in [0.29, 0.717) is 0 Å². The number of nitrogens with zero attached hydrogens (tertiary/aromatic N) is 1. The van der Waals surface area contributed by atoms with Gasteiger partial charge in [0.15, 0.2) is 0 Å². The third-order valence-electron chi connectivity index (χ3n) is 3.83. The fraction of sp³-hybridized carbons (Fsp3) is 0.400. The molecular formula is C15H18N2O6. The molecule has 0 amide bonds. The second-order valence-corrected chi connectivity index (χ2v) is 5.33. The number of aliphatic hydroxyl groups is 4. The molecule has 124 valence electrons. The van der Waals surface area contributed by atoms with Crippen molar-refractivity contribution in [3.8, 4) is 0 Å². The van der Waals surface area contributed by atoms with Crippen LogP contribution in [0.2, 0.25) is 0 Å². The van der Waals surface area contributed by atoms with Gasteiger partial charge < -0.3 is 35.0 Å². The van der Waals surface area contributed by atoms with Crippen molar-refractivity contribution >= 4 is 17.1 Å². The number of benzene rings is 1. The molecular weight excluding hydrogens is 304 g/mol. The maximum Gasteiger partial charge on any atom is 0.256 e. The van der Waals surface area contributed by atoms with E-state index in [9.17, 15) is 15.3 Å². The molecule has 8 nitrogen and oxygen atoms in total. The molecule has 2 aromatic rings. The van der Waals surface area contributed by atoms with Gasteiger partial charge in [0.05, 0.1) is 12.8 Å². The highest BCUT2D eigenvalue weighted by molar-refractivity contribution is 5.98. The number of H-pyrrole nitrogens is 1. The number of aromatic nitrogens is 1. The van der Waals surface area contributed by atoms with Crippen molar-refractivity contribution in [1.82, 2.24) is 4.98 Å². The van der Waals surface area contributed by atoms with Crippen molar-refractivity contribution in [2.45, 2.75) is 30.7 Å². The van der Waals surface area contributed by atoms with Gasteiger partial charge in [0.25, 0.3) is 6.29 Å². The first-order valence-corrected chi connectivity index (χ1v) is 7.17. The number of rotatable bonds is 4. The third-order valence-corrected chi connectivity index (χ3v) is 3.83. The SMILES string of the molecule is OCC1O[C@@H](O/N=C/c2c[nH]c3ccccc23)C(O)[C@@H](O)C1O. The Kier molecular flexibility index (Phi) is 4.60. The van der Waals surface area contributed by atoms with Crippen LogP contribution in [-0.2, 0) is 9.57 Å². The Morgan fingerprint density at radius 1 is 1.17 bits per heavy atom. The molecule has 1 saturated heterocycles. The maximum atomic E-state index is 9.83. The van der Waals surface area contributed by atoms with Crippen LogP contribution < -0.4 is 0 Å². The number of fused-ring (bicyclic) bond motifs is 1. The van der Waals surface area contributed by atoms with Crippen molar-refractivity contribution in [2.75, 3.05) is 6.61 Å². The minimum atomic E-state index is -1.49. The number of hydrogen-bond acceptors (Lipinski definition) is 7. The molecule has 0 saturated carbocycles. The van der Waals surface area contributed by atoms with Gasteiger partial charge in [-0.15, -0.1) is 0 Å². The average Bonchev–Trinajstić information content (AvgIpc) is 2.98. The molecule has 23 heavy (non-hydrogen) atoms. The zero-order chi connectivity index (χ0) is 16.4. The first kappa shape index (κ1) is 15.9. The van der Waals surface area contributed by atoms with Gasteiger partial charge in [-0.05, 0) is 6.07 Å². The topological polar surface area (TPSA) is 128 Å². The zero-order valence-electron chi connectivity index (χ0n) is 12.1. The number of oxime groups is 1. The van der Waals surface area contributed by atoms with Crippen LogP contribution in [-0.4, -0.2) is 68.9 Å². The summed E-state index contributed by atoms with van der Waals surface area (Å²) in [6, 6.07) is 7.64. The molecule has 1 fully saturated rings. The summed E-state index contributed by atoms with van der Waals surface area (Å²) in [5.74, 6) is 0. The van der Waals surface area contributed by atoms with Crippen LogP contribution in [0, 0.1) is 0 Å². The summed E-state index contributed by atoms with van der Waals surface area (Å²) in [6.07, 6.45) is -3.51. The van der Waals surface area contributed by atoms with E-state index in [1.165, 1.54) is 6.21 Å². The normalized spacial score (nSPS) is 31.7. The molecule has 8 heteroatoms. The Morgan fingerprint density at radius 3 is 2.74 bits per heavy atom. The summed E-state index contributed by atoms with van der Waals surface area (Å²) in [5, 5.41) is 43.0. The van der Waals surface area contributed by atoms with E-state index < -0.39 is 37.3 Å². The van der Waals surface area contributed by atoms with E-state index in [0.717, 1.165) is 16.5 Å². The largest absolute Gasteiger partial charge is 0.394 e. The summed E-state index contributed by atoms with van der Waals surface area (Å²) >= 11 is 0. The van der Waals surface area contributed by atoms with E-state index in [2.05, 4.69) is 10.1 Å². The third kappa shape index (κ3) is 3.07. The number of aromatic amines is 1. The highest BCUT2D eigenvalue weighted by Gasteiger charge is 2.44. The average molecular weight is 322 g/mol. The van der Waals surface area contributed by atoms with Crippen LogP contribution in [0.25, 0.3) is 10.9 Å². The Hall–Kier alpha value is -1.97. The van der Waals surface area contributed by atoms with Gasteiger partial charge in [-0.3, -0.25) is 0 Å². The predicted molar refractivity (Wildman–Crippen MR) is 80.7 cm³/mol. The molecule has 0 bridgehead atoms. The van der Waals surface area contributed by atoms with E-state index in [1.807, 2.05) is 24.3 Å². The number of hydrogen-bond donors (Lipinski definition) is 5. The molecule has 0 radical (unpaired) electrons. The van der Waals surface area contributed by atoms with Crippen molar-refractivity contribution in [3.63, 3.8) is 0 Å². The van der Waals surface area contributed by atoms with E-state index in [4.69, 9.17) is 14.7 Å². The van der Waals surface area contributed by atoms with Gasteiger partial charge >= 0.3 is 0 Å². The number of nitrogens with one attached hydrogen (secondary N) is 1. The lowest BCUT2D eigenvalue weighted by Gasteiger charge is -2.38. The van der Waals surface area contributed by atoms with Crippen LogP contribution >= 0.6 is 0 Å². The number of aliphatic hydroxyl groups excluding tert-OH is 4. The number of ether oxygens (including phenoxy) is 1. The minimum absolute atomic E-state index is 0.517. The molecule has 1 aromatic heterocycles. The van der Waals surface area contributed by atoms with E-state index >= 15 is 0 Å². The summed E-state index contributed by atoms with van der Waals surface area (Å²) in [7, 11) is 0. The van der Waals surface area contributed by atoms with Crippen LogP contribution in [0.4, 0.5) is 0 Å². The summed E-state index contributed by atoms with van der Waals surface area (Å²) < 4.78 is 5.18. The van der Waals surface area contributed by atoms with Gasteiger partial charge in [0, 0.05) is 22.7 Å². The molecule has 0 aliphatic carbocycles. The Labute approximate surface area is 131 Å². The van der Waals surface area contributed by atoms with Gasteiger partial charge in [-0.2, -0.15) is 0 Å². The van der Waals surface area contributed by atoms with Crippen molar-refractivity contribution in [1.29, 1.82) is 0 Å². The lowest BCUT2D eigenvalue weighted by atomic mass is 9.99. The minimum Gasteiger partial charge on any atom is -0.394 e. The molecule has 3 rings (SSSR count). The predicted octanol–water partition coefficient (Wildman–Crippen LogP) is -0.682. The smallest absolute Gasteiger partial charge is 0.256 e. The monoisotopic (exact) mass is 322 g/mol. The second-order valence-electron chi connectivity index (χ2n) is 5.33. The molecule has 5 N–H and O–H groups in total. The second kappa shape index (κ2) is 6.65. The molecule has 0 spiro atoms. The van der Waals surface area contributed by atoms with Gasteiger partial charge in [-0.25, -0.2) is 0 Å².